The third kappa shape index (κ3) is 4.61. The highest BCUT2D eigenvalue weighted by Crippen LogP contribution is 2.29. The molecule has 0 saturated carbocycles. The molecule has 0 radical (unpaired) electrons. The van der Waals surface area contributed by atoms with Crippen molar-refractivity contribution < 1.29 is 4.79 Å². The molecule has 0 saturated heterocycles. The molecule has 0 heterocycles. The molecule has 0 rings (SSSR count). The largest absolute Gasteiger partial charge is 0.368 e. The van der Waals surface area contributed by atoms with Gasteiger partial charge in [0.05, 0.1) is 5.54 Å². The molecule has 0 bridgehead atoms. The van der Waals surface area contributed by atoms with Gasteiger partial charge in [-0.3, -0.25) is 4.79 Å². The maximum Gasteiger partial charge on any atom is 0.237 e. The maximum atomic E-state index is 11.3. The van der Waals surface area contributed by atoms with Gasteiger partial charge in [0.25, 0.3) is 0 Å². The van der Waals surface area contributed by atoms with Crippen LogP contribution in [0.5, 0.6) is 0 Å². The standard InChI is InChI=1S/C11H24N2O/c1-8(2)6-11(13,9(12)14)7-10(3,4)5/h8H,6-7,13H2,1-5H3,(H2,12,14)/t11-/m1/s1. The summed E-state index contributed by atoms with van der Waals surface area (Å²) in [7, 11) is 0. The van der Waals surface area contributed by atoms with Crippen LogP contribution in [0.15, 0.2) is 0 Å². The lowest BCUT2D eigenvalue weighted by Gasteiger charge is -2.34. The molecule has 0 aromatic rings. The molecular weight excluding hydrogens is 176 g/mol. The summed E-state index contributed by atoms with van der Waals surface area (Å²) in [6.45, 7) is 10.3. The average Bonchev–Trinajstić information content (AvgIpc) is 1.79. The highest BCUT2D eigenvalue weighted by molar-refractivity contribution is 5.84. The predicted molar refractivity (Wildman–Crippen MR) is 59.6 cm³/mol. The fourth-order valence-electron chi connectivity index (χ4n) is 1.93. The molecule has 0 unspecified atom stereocenters. The maximum absolute atomic E-state index is 11.3. The quantitative estimate of drug-likeness (QED) is 0.724. The molecule has 14 heavy (non-hydrogen) atoms. The highest BCUT2D eigenvalue weighted by Gasteiger charge is 2.36. The van der Waals surface area contributed by atoms with E-state index in [2.05, 4.69) is 20.8 Å². The van der Waals surface area contributed by atoms with Crippen molar-refractivity contribution >= 4 is 5.91 Å². The zero-order valence-electron chi connectivity index (χ0n) is 10.1. The summed E-state index contributed by atoms with van der Waals surface area (Å²) in [4.78, 5) is 11.3. The second kappa shape index (κ2) is 4.30. The molecular formula is C11H24N2O. The van der Waals surface area contributed by atoms with E-state index in [4.69, 9.17) is 11.5 Å². The van der Waals surface area contributed by atoms with Gasteiger partial charge in [0, 0.05) is 0 Å². The van der Waals surface area contributed by atoms with Gasteiger partial charge in [0.1, 0.15) is 0 Å². The average molecular weight is 200 g/mol. The van der Waals surface area contributed by atoms with Crippen LogP contribution in [-0.2, 0) is 4.79 Å². The summed E-state index contributed by atoms with van der Waals surface area (Å²) in [5, 5.41) is 0. The van der Waals surface area contributed by atoms with Crippen molar-refractivity contribution in [2.45, 2.75) is 53.0 Å². The number of rotatable bonds is 4. The molecule has 0 aromatic heterocycles. The van der Waals surface area contributed by atoms with Crippen molar-refractivity contribution in [2.24, 2.45) is 22.8 Å². The van der Waals surface area contributed by atoms with Gasteiger partial charge >= 0.3 is 0 Å². The monoisotopic (exact) mass is 200 g/mol. The van der Waals surface area contributed by atoms with Gasteiger partial charge in [0.15, 0.2) is 0 Å². The zero-order chi connectivity index (χ0) is 11.6. The topological polar surface area (TPSA) is 69.1 Å². The van der Waals surface area contributed by atoms with E-state index in [-0.39, 0.29) is 11.3 Å². The minimum Gasteiger partial charge on any atom is -0.368 e. The van der Waals surface area contributed by atoms with Gasteiger partial charge in [-0.25, -0.2) is 0 Å². The third-order valence-corrected chi connectivity index (χ3v) is 2.11. The Morgan fingerprint density at radius 3 is 1.93 bits per heavy atom. The lowest BCUT2D eigenvalue weighted by Crippen LogP contribution is -2.54. The molecule has 4 N–H and O–H groups in total. The summed E-state index contributed by atoms with van der Waals surface area (Å²) in [5.74, 6) is -0.00373. The fourth-order valence-corrected chi connectivity index (χ4v) is 1.93. The Morgan fingerprint density at radius 2 is 1.71 bits per heavy atom. The SMILES string of the molecule is CC(C)C[C@@](N)(CC(C)(C)C)C(N)=O. The molecule has 3 nitrogen and oxygen atoms in total. The van der Waals surface area contributed by atoms with Gasteiger partial charge < -0.3 is 11.5 Å². The summed E-state index contributed by atoms with van der Waals surface area (Å²) >= 11 is 0. The van der Waals surface area contributed by atoms with Crippen molar-refractivity contribution in [3.05, 3.63) is 0 Å². The number of carbonyl (C=O) groups is 1. The van der Waals surface area contributed by atoms with Gasteiger partial charge in [-0.1, -0.05) is 34.6 Å². The molecule has 3 heteroatoms. The molecule has 0 spiro atoms. The van der Waals surface area contributed by atoms with Crippen molar-refractivity contribution in [2.75, 3.05) is 0 Å². The number of primary amides is 1. The third-order valence-electron chi connectivity index (χ3n) is 2.11. The van der Waals surface area contributed by atoms with Gasteiger partial charge in [-0.15, -0.1) is 0 Å². The molecule has 84 valence electrons. The van der Waals surface area contributed by atoms with Crippen LogP contribution in [0.25, 0.3) is 0 Å². The van der Waals surface area contributed by atoms with Crippen LogP contribution in [0.4, 0.5) is 0 Å². The first-order chi connectivity index (χ1) is 6.07. The number of carbonyl (C=O) groups excluding carboxylic acids is 1. The molecule has 1 atom stereocenters. The van der Waals surface area contributed by atoms with Crippen LogP contribution in [0, 0.1) is 11.3 Å². The number of hydrogen-bond donors (Lipinski definition) is 2. The Hall–Kier alpha value is -0.570. The second-order valence-electron chi connectivity index (χ2n) is 5.86. The molecule has 0 aliphatic heterocycles. The lowest BCUT2D eigenvalue weighted by atomic mass is 9.76. The first kappa shape index (κ1) is 13.4. The number of nitrogens with two attached hydrogens (primary N) is 2. The highest BCUT2D eigenvalue weighted by atomic mass is 16.1. The van der Waals surface area contributed by atoms with E-state index < -0.39 is 5.54 Å². The summed E-state index contributed by atoms with van der Waals surface area (Å²) in [5.41, 5.74) is 10.6. The van der Waals surface area contributed by atoms with E-state index in [1.165, 1.54) is 0 Å². The predicted octanol–water partition coefficient (Wildman–Crippen LogP) is 1.65. The normalized spacial score (nSPS) is 16.8. The number of amides is 1. The van der Waals surface area contributed by atoms with Gasteiger partial charge in [0.2, 0.25) is 5.91 Å². The van der Waals surface area contributed by atoms with Gasteiger partial charge in [-0.05, 0) is 24.2 Å². The number of hydrogen-bond acceptors (Lipinski definition) is 2. The van der Waals surface area contributed by atoms with E-state index in [0.29, 0.717) is 18.8 Å². The van der Waals surface area contributed by atoms with Gasteiger partial charge in [-0.2, -0.15) is 0 Å². The Labute approximate surface area is 87.2 Å². The van der Waals surface area contributed by atoms with Crippen LogP contribution < -0.4 is 11.5 Å². The van der Waals surface area contributed by atoms with E-state index in [0.717, 1.165) is 0 Å². The summed E-state index contributed by atoms with van der Waals surface area (Å²) in [6, 6.07) is 0. The molecule has 0 aliphatic rings. The second-order valence-corrected chi connectivity index (χ2v) is 5.86. The van der Waals surface area contributed by atoms with Crippen molar-refractivity contribution in [1.82, 2.24) is 0 Å². The molecule has 1 amide bonds. The molecule has 0 aromatic carbocycles. The van der Waals surface area contributed by atoms with Crippen LogP contribution >= 0.6 is 0 Å². The Morgan fingerprint density at radius 1 is 1.29 bits per heavy atom. The fraction of sp³-hybridized carbons (Fsp3) is 0.909. The van der Waals surface area contributed by atoms with Crippen molar-refractivity contribution in [3.8, 4) is 0 Å². The van der Waals surface area contributed by atoms with Crippen molar-refractivity contribution in [3.63, 3.8) is 0 Å². The zero-order valence-corrected chi connectivity index (χ0v) is 10.1. The Kier molecular flexibility index (Phi) is 4.13. The Bertz CT molecular complexity index is 206. The smallest absolute Gasteiger partial charge is 0.237 e. The van der Waals surface area contributed by atoms with E-state index in [9.17, 15) is 4.79 Å². The van der Waals surface area contributed by atoms with Crippen LogP contribution in [0.3, 0.4) is 0 Å². The summed E-state index contributed by atoms with van der Waals surface area (Å²) in [6.07, 6.45) is 1.28. The first-order valence-electron chi connectivity index (χ1n) is 5.16. The van der Waals surface area contributed by atoms with E-state index in [1.54, 1.807) is 0 Å². The van der Waals surface area contributed by atoms with Crippen LogP contribution in [0.1, 0.15) is 47.5 Å². The minimum absolute atomic E-state index is 0.0265. The Balaban J connectivity index is 4.65. The summed E-state index contributed by atoms with van der Waals surface area (Å²) < 4.78 is 0. The van der Waals surface area contributed by atoms with Crippen LogP contribution in [-0.4, -0.2) is 11.4 Å². The van der Waals surface area contributed by atoms with Crippen LogP contribution in [0.2, 0.25) is 0 Å². The van der Waals surface area contributed by atoms with Crippen molar-refractivity contribution in [1.29, 1.82) is 0 Å². The first-order valence-corrected chi connectivity index (χ1v) is 5.16. The lowest BCUT2D eigenvalue weighted by molar-refractivity contribution is -0.124. The molecule has 0 aliphatic carbocycles. The molecule has 0 fully saturated rings. The minimum atomic E-state index is -0.855. The van der Waals surface area contributed by atoms with E-state index in [1.807, 2.05) is 13.8 Å². The van der Waals surface area contributed by atoms with E-state index >= 15 is 0 Å².